The molecule has 0 amide bonds. The first-order chi connectivity index (χ1) is 7.18. The number of carboxylic acids is 1. The van der Waals surface area contributed by atoms with Crippen LogP contribution in [-0.4, -0.2) is 23.8 Å². The Bertz CT molecular complexity index is 423. The molecule has 0 bridgehead atoms. The number of benzene rings is 1. The van der Waals surface area contributed by atoms with E-state index in [4.69, 9.17) is 9.84 Å². The van der Waals surface area contributed by atoms with E-state index in [1.165, 1.54) is 7.11 Å². The maximum absolute atomic E-state index is 11.1. The Morgan fingerprint density at radius 2 is 2.20 bits per heavy atom. The van der Waals surface area contributed by atoms with E-state index in [2.05, 4.69) is 0 Å². The molecule has 15 heavy (non-hydrogen) atoms. The number of hydrogen-bond donors (Lipinski definition) is 1. The van der Waals surface area contributed by atoms with Gasteiger partial charge >= 0.3 is 5.97 Å². The van der Waals surface area contributed by atoms with Gasteiger partial charge in [-0.15, -0.1) is 0 Å². The second kappa shape index (κ2) is 3.51. The standard InChI is InChI=1S/C12H12O3/c1-15-12(11(13)14)7-6-9-4-2-3-5-10(9)8-12/h2-7H,8H2,1H3,(H,13,14). The van der Waals surface area contributed by atoms with Gasteiger partial charge in [0.25, 0.3) is 0 Å². The van der Waals surface area contributed by atoms with Gasteiger partial charge in [-0.25, -0.2) is 4.79 Å². The van der Waals surface area contributed by atoms with Crippen molar-refractivity contribution in [3.8, 4) is 0 Å². The van der Waals surface area contributed by atoms with Crippen LogP contribution in [0.4, 0.5) is 0 Å². The summed E-state index contributed by atoms with van der Waals surface area (Å²) in [5.41, 5.74) is 0.865. The lowest BCUT2D eigenvalue weighted by Crippen LogP contribution is -2.42. The van der Waals surface area contributed by atoms with Gasteiger partial charge in [0.2, 0.25) is 0 Å². The van der Waals surface area contributed by atoms with E-state index in [1.807, 2.05) is 24.3 Å². The molecule has 1 aliphatic rings. The van der Waals surface area contributed by atoms with E-state index < -0.39 is 11.6 Å². The van der Waals surface area contributed by atoms with Crippen molar-refractivity contribution < 1.29 is 14.6 Å². The molecule has 1 atom stereocenters. The number of rotatable bonds is 2. The molecule has 3 heteroatoms. The topological polar surface area (TPSA) is 46.5 Å². The van der Waals surface area contributed by atoms with Gasteiger partial charge in [0.05, 0.1) is 0 Å². The molecule has 0 heterocycles. The summed E-state index contributed by atoms with van der Waals surface area (Å²) in [6.45, 7) is 0. The Kier molecular flexibility index (Phi) is 2.32. The minimum atomic E-state index is -1.20. The lowest BCUT2D eigenvalue weighted by Gasteiger charge is -2.28. The molecule has 0 aromatic heterocycles. The second-order valence-electron chi connectivity index (χ2n) is 3.61. The van der Waals surface area contributed by atoms with Crippen LogP contribution < -0.4 is 0 Å². The summed E-state index contributed by atoms with van der Waals surface area (Å²) in [5.74, 6) is -0.948. The first-order valence-corrected chi connectivity index (χ1v) is 4.74. The van der Waals surface area contributed by atoms with Gasteiger partial charge < -0.3 is 9.84 Å². The van der Waals surface area contributed by atoms with Gasteiger partial charge in [0, 0.05) is 13.5 Å². The average Bonchev–Trinajstić information content (AvgIpc) is 2.28. The minimum absolute atomic E-state index is 0.380. The van der Waals surface area contributed by atoms with Gasteiger partial charge in [-0.3, -0.25) is 0 Å². The van der Waals surface area contributed by atoms with Crippen LogP contribution in [0, 0.1) is 0 Å². The summed E-state index contributed by atoms with van der Waals surface area (Å²) in [5, 5.41) is 9.14. The molecular formula is C12H12O3. The summed E-state index contributed by atoms with van der Waals surface area (Å²) < 4.78 is 5.11. The first kappa shape index (κ1) is 9.93. The summed E-state index contributed by atoms with van der Waals surface area (Å²) >= 11 is 0. The third-order valence-corrected chi connectivity index (χ3v) is 2.77. The highest BCUT2D eigenvalue weighted by atomic mass is 16.5. The summed E-state index contributed by atoms with van der Waals surface area (Å²) in [4.78, 5) is 11.1. The van der Waals surface area contributed by atoms with Crippen LogP contribution in [0.15, 0.2) is 30.3 Å². The molecule has 1 unspecified atom stereocenters. The quantitative estimate of drug-likeness (QED) is 0.797. The third kappa shape index (κ3) is 1.55. The SMILES string of the molecule is COC1(C(=O)O)C=Cc2ccccc2C1. The molecule has 0 saturated heterocycles. The Morgan fingerprint density at radius 1 is 1.47 bits per heavy atom. The number of methoxy groups -OCH3 is 1. The second-order valence-corrected chi connectivity index (χ2v) is 3.61. The monoisotopic (exact) mass is 204 g/mol. The maximum atomic E-state index is 11.1. The zero-order valence-electron chi connectivity index (χ0n) is 8.43. The Labute approximate surface area is 88.0 Å². The highest BCUT2D eigenvalue weighted by Crippen LogP contribution is 2.28. The highest BCUT2D eigenvalue weighted by Gasteiger charge is 2.38. The van der Waals surface area contributed by atoms with E-state index in [1.54, 1.807) is 12.2 Å². The van der Waals surface area contributed by atoms with E-state index >= 15 is 0 Å². The van der Waals surface area contributed by atoms with Crippen molar-refractivity contribution in [2.24, 2.45) is 0 Å². The van der Waals surface area contributed by atoms with E-state index in [0.29, 0.717) is 6.42 Å². The van der Waals surface area contributed by atoms with Crippen molar-refractivity contribution in [3.63, 3.8) is 0 Å². The molecule has 1 aliphatic carbocycles. The number of aliphatic carboxylic acids is 1. The predicted octanol–water partition coefficient (Wildman–Crippen LogP) is 1.73. The van der Waals surface area contributed by atoms with Crippen LogP contribution in [0.25, 0.3) is 6.08 Å². The fourth-order valence-corrected chi connectivity index (χ4v) is 1.80. The molecule has 0 spiro atoms. The lowest BCUT2D eigenvalue weighted by molar-refractivity contribution is -0.156. The van der Waals surface area contributed by atoms with Crippen LogP contribution in [0.2, 0.25) is 0 Å². The maximum Gasteiger partial charge on any atom is 0.340 e. The normalized spacial score (nSPS) is 23.5. The molecule has 0 fully saturated rings. The number of hydrogen-bond acceptors (Lipinski definition) is 2. The fraction of sp³-hybridized carbons (Fsp3) is 0.250. The van der Waals surface area contributed by atoms with Gasteiger partial charge in [0.1, 0.15) is 0 Å². The van der Waals surface area contributed by atoms with Crippen LogP contribution in [0.3, 0.4) is 0 Å². The number of carboxylic acid groups (broad SMARTS) is 1. The Morgan fingerprint density at radius 3 is 2.87 bits per heavy atom. The van der Waals surface area contributed by atoms with E-state index in [-0.39, 0.29) is 0 Å². The molecule has 2 rings (SSSR count). The van der Waals surface area contributed by atoms with Crippen molar-refractivity contribution >= 4 is 12.0 Å². The van der Waals surface area contributed by atoms with Gasteiger partial charge in [-0.05, 0) is 17.2 Å². The summed E-state index contributed by atoms with van der Waals surface area (Å²) in [6.07, 6.45) is 3.79. The third-order valence-electron chi connectivity index (χ3n) is 2.77. The molecule has 0 saturated carbocycles. The van der Waals surface area contributed by atoms with Crippen molar-refractivity contribution in [3.05, 3.63) is 41.5 Å². The van der Waals surface area contributed by atoms with Crippen LogP contribution in [0.1, 0.15) is 11.1 Å². The molecule has 78 valence electrons. The fourth-order valence-electron chi connectivity index (χ4n) is 1.80. The minimum Gasteiger partial charge on any atom is -0.479 e. The van der Waals surface area contributed by atoms with Crippen molar-refractivity contribution in [2.45, 2.75) is 12.0 Å². The molecule has 3 nitrogen and oxygen atoms in total. The van der Waals surface area contributed by atoms with Crippen molar-refractivity contribution in [1.82, 2.24) is 0 Å². The zero-order valence-corrected chi connectivity index (χ0v) is 8.43. The highest BCUT2D eigenvalue weighted by molar-refractivity contribution is 5.84. The Balaban J connectivity index is 2.44. The van der Waals surface area contributed by atoms with Crippen LogP contribution in [-0.2, 0) is 16.0 Å². The van der Waals surface area contributed by atoms with Crippen LogP contribution >= 0.6 is 0 Å². The molecule has 1 N–H and O–H groups in total. The van der Waals surface area contributed by atoms with Crippen molar-refractivity contribution in [1.29, 1.82) is 0 Å². The number of carbonyl (C=O) groups is 1. The summed E-state index contributed by atoms with van der Waals surface area (Å²) in [6, 6.07) is 7.73. The number of fused-ring (bicyclic) bond motifs is 1. The lowest BCUT2D eigenvalue weighted by atomic mass is 9.86. The molecular weight excluding hydrogens is 192 g/mol. The smallest absolute Gasteiger partial charge is 0.340 e. The van der Waals surface area contributed by atoms with E-state index in [9.17, 15) is 4.79 Å². The van der Waals surface area contributed by atoms with Crippen LogP contribution in [0.5, 0.6) is 0 Å². The number of ether oxygens (including phenoxy) is 1. The first-order valence-electron chi connectivity index (χ1n) is 4.74. The molecule has 0 radical (unpaired) electrons. The summed E-state index contributed by atoms with van der Waals surface area (Å²) in [7, 11) is 1.42. The average molecular weight is 204 g/mol. The largest absolute Gasteiger partial charge is 0.479 e. The zero-order chi connectivity index (χ0) is 10.9. The van der Waals surface area contributed by atoms with E-state index in [0.717, 1.165) is 11.1 Å². The molecule has 1 aromatic carbocycles. The van der Waals surface area contributed by atoms with Gasteiger partial charge in [-0.2, -0.15) is 0 Å². The molecule has 0 aliphatic heterocycles. The Hall–Kier alpha value is -1.61. The van der Waals surface area contributed by atoms with Crippen molar-refractivity contribution in [2.75, 3.05) is 7.11 Å². The predicted molar refractivity (Wildman–Crippen MR) is 56.6 cm³/mol. The van der Waals surface area contributed by atoms with Gasteiger partial charge in [0.15, 0.2) is 5.60 Å². The molecule has 1 aromatic rings. The van der Waals surface area contributed by atoms with Gasteiger partial charge in [-0.1, -0.05) is 30.3 Å².